The van der Waals surface area contributed by atoms with Gasteiger partial charge in [0.2, 0.25) is 0 Å². The highest BCUT2D eigenvalue weighted by Gasteiger charge is 2.24. The van der Waals surface area contributed by atoms with E-state index in [1.165, 1.54) is 12.1 Å². The summed E-state index contributed by atoms with van der Waals surface area (Å²) in [6.07, 6.45) is 2.72. The quantitative estimate of drug-likeness (QED) is 0.736. The molecule has 2 aromatic carbocycles. The fourth-order valence-electron chi connectivity index (χ4n) is 3.55. The second-order valence-corrected chi connectivity index (χ2v) is 6.67. The third kappa shape index (κ3) is 3.60. The van der Waals surface area contributed by atoms with Crippen molar-refractivity contribution >= 4 is 22.3 Å². The summed E-state index contributed by atoms with van der Waals surface area (Å²) in [5.74, 6) is 1.29. The number of benzene rings is 2. The zero-order valence-corrected chi connectivity index (χ0v) is 15.4. The Morgan fingerprint density at radius 1 is 1.07 bits per heavy atom. The maximum absolute atomic E-state index is 13.4. The van der Waals surface area contributed by atoms with Crippen LogP contribution in [0.4, 0.5) is 15.8 Å². The highest BCUT2D eigenvalue weighted by molar-refractivity contribution is 5.91. The number of anilines is 2. The van der Waals surface area contributed by atoms with Gasteiger partial charge in [0.05, 0.1) is 19.7 Å². The van der Waals surface area contributed by atoms with E-state index in [4.69, 9.17) is 9.47 Å². The summed E-state index contributed by atoms with van der Waals surface area (Å²) in [6, 6.07) is 12.9. The zero-order valence-electron chi connectivity index (χ0n) is 15.4. The van der Waals surface area contributed by atoms with Gasteiger partial charge in [0, 0.05) is 66.4 Å². The smallest absolute Gasteiger partial charge is 0.125 e. The van der Waals surface area contributed by atoms with Gasteiger partial charge in [-0.15, -0.1) is 0 Å². The van der Waals surface area contributed by atoms with Gasteiger partial charge < -0.3 is 19.7 Å². The number of nitrogens with one attached hydrogen (secondary N) is 1. The van der Waals surface area contributed by atoms with Crippen molar-refractivity contribution in [2.45, 2.75) is 12.5 Å². The average Bonchev–Trinajstić information content (AvgIpc) is 3.16. The van der Waals surface area contributed by atoms with Crippen molar-refractivity contribution in [3.63, 3.8) is 0 Å². The van der Waals surface area contributed by atoms with Gasteiger partial charge >= 0.3 is 0 Å². The monoisotopic (exact) mass is 367 g/mol. The van der Waals surface area contributed by atoms with Crippen LogP contribution < -0.4 is 19.7 Å². The van der Waals surface area contributed by atoms with E-state index in [9.17, 15) is 4.39 Å². The van der Waals surface area contributed by atoms with Crippen molar-refractivity contribution in [2.75, 3.05) is 37.5 Å². The standard InChI is InChI=1S/C21H22FN3O2/c1-26-17-10-16(11-18(12-17)27-2)25-8-6-15(13-25)24-20-5-7-23-21-9-14(22)3-4-19(20)21/h3-5,7,9-12,15H,6,8,13H2,1-2H3,(H,23,24). The molecule has 1 fully saturated rings. The first-order valence-electron chi connectivity index (χ1n) is 8.95. The van der Waals surface area contributed by atoms with Crippen LogP contribution in [0.1, 0.15) is 6.42 Å². The Balaban J connectivity index is 1.52. The van der Waals surface area contributed by atoms with Gasteiger partial charge in [0.1, 0.15) is 17.3 Å². The van der Waals surface area contributed by atoms with E-state index < -0.39 is 0 Å². The first kappa shape index (κ1) is 17.4. The van der Waals surface area contributed by atoms with Crippen molar-refractivity contribution in [1.29, 1.82) is 0 Å². The Labute approximate surface area is 157 Å². The van der Waals surface area contributed by atoms with Crippen molar-refractivity contribution in [3.05, 3.63) is 54.5 Å². The molecule has 0 saturated carbocycles. The third-order valence-corrected chi connectivity index (χ3v) is 4.95. The number of hydrogen-bond acceptors (Lipinski definition) is 5. The second kappa shape index (κ2) is 7.31. The van der Waals surface area contributed by atoms with E-state index >= 15 is 0 Å². The van der Waals surface area contributed by atoms with E-state index in [0.29, 0.717) is 5.52 Å². The SMILES string of the molecule is COc1cc(OC)cc(N2CCC(Nc3ccnc4cc(F)ccc34)C2)c1. The minimum Gasteiger partial charge on any atom is -0.497 e. The Morgan fingerprint density at radius 3 is 2.59 bits per heavy atom. The van der Waals surface area contributed by atoms with Crippen LogP contribution in [0.15, 0.2) is 48.7 Å². The van der Waals surface area contributed by atoms with Gasteiger partial charge in [-0.2, -0.15) is 0 Å². The minimum atomic E-state index is -0.272. The summed E-state index contributed by atoms with van der Waals surface area (Å²) in [7, 11) is 3.31. The van der Waals surface area contributed by atoms with Gasteiger partial charge in [0.25, 0.3) is 0 Å². The Kier molecular flexibility index (Phi) is 4.71. The fraction of sp³-hybridized carbons (Fsp3) is 0.286. The molecular weight excluding hydrogens is 345 g/mol. The first-order chi connectivity index (χ1) is 13.2. The number of fused-ring (bicyclic) bond motifs is 1. The molecular formula is C21H22FN3O2. The van der Waals surface area contributed by atoms with Crippen LogP contribution >= 0.6 is 0 Å². The molecule has 0 amide bonds. The molecule has 1 aromatic heterocycles. The van der Waals surface area contributed by atoms with E-state index in [-0.39, 0.29) is 11.9 Å². The molecule has 1 N–H and O–H groups in total. The number of halogens is 1. The topological polar surface area (TPSA) is 46.6 Å². The normalized spacial score (nSPS) is 16.6. The van der Waals surface area contributed by atoms with Crippen LogP contribution in [0.5, 0.6) is 11.5 Å². The molecule has 1 aliphatic rings. The van der Waals surface area contributed by atoms with Crippen molar-refractivity contribution in [2.24, 2.45) is 0 Å². The lowest BCUT2D eigenvalue weighted by Crippen LogP contribution is -2.26. The molecule has 5 nitrogen and oxygen atoms in total. The Hall–Kier alpha value is -3.02. The summed E-state index contributed by atoms with van der Waals surface area (Å²) < 4.78 is 24.2. The number of nitrogens with zero attached hydrogens (tertiary/aromatic N) is 2. The number of methoxy groups -OCH3 is 2. The lowest BCUT2D eigenvalue weighted by molar-refractivity contribution is 0.394. The number of pyridine rings is 1. The molecule has 0 spiro atoms. The second-order valence-electron chi connectivity index (χ2n) is 6.67. The highest BCUT2D eigenvalue weighted by Crippen LogP contribution is 2.31. The van der Waals surface area contributed by atoms with E-state index in [1.807, 2.05) is 24.3 Å². The lowest BCUT2D eigenvalue weighted by Gasteiger charge is -2.21. The minimum absolute atomic E-state index is 0.272. The molecule has 2 heterocycles. The molecule has 1 atom stereocenters. The van der Waals surface area contributed by atoms with Crippen LogP contribution in [0.25, 0.3) is 10.9 Å². The number of ether oxygens (including phenoxy) is 2. The first-order valence-corrected chi connectivity index (χ1v) is 8.95. The van der Waals surface area contributed by atoms with E-state index in [2.05, 4.69) is 15.2 Å². The summed E-state index contributed by atoms with van der Waals surface area (Å²) in [6.45, 7) is 1.80. The maximum Gasteiger partial charge on any atom is 0.125 e. The van der Waals surface area contributed by atoms with Gasteiger partial charge in [-0.25, -0.2) is 4.39 Å². The summed E-state index contributed by atoms with van der Waals surface area (Å²) in [5.41, 5.74) is 2.72. The maximum atomic E-state index is 13.4. The largest absolute Gasteiger partial charge is 0.497 e. The van der Waals surface area contributed by atoms with Crippen molar-refractivity contribution in [1.82, 2.24) is 4.98 Å². The lowest BCUT2D eigenvalue weighted by atomic mass is 10.1. The van der Waals surface area contributed by atoms with Crippen LogP contribution in [-0.2, 0) is 0 Å². The Bertz CT molecular complexity index is 941. The highest BCUT2D eigenvalue weighted by atomic mass is 19.1. The number of hydrogen-bond donors (Lipinski definition) is 1. The van der Waals surface area contributed by atoms with Crippen LogP contribution in [0, 0.1) is 5.82 Å². The molecule has 4 rings (SSSR count). The molecule has 27 heavy (non-hydrogen) atoms. The Morgan fingerprint density at radius 2 is 1.85 bits per heavy atom. The van der Waals surface area contributed by atoms with E-state index in [1.54, 1.807) is 26.5 Å². The molecule has 3 aromatic rings. The molecule has 0 bridgehead atoms. The molecule has 1 unspecified atom stereocenters. The molecule has 140 valence electrons. The number of aromatic nitrogens is 1. The van der Waals surface area contributed by atoms with Crippen LogP contribution in [0.3, 0.4) is 0 Å². The van der Waals surface area contributed by atoms with Crippen molar-refractivity contribution < 1.29 is 13.9 Å². The predicted octanol–water partition coefficient (Wildman–Crippen LogP) is 4.08. The summed E-state index contributed by atoms with van der Waals surface area (Å²) >= 11 is 0. The molecule has 0 aliphatic carbocycles. The summed E-state index contributed by atoms with van der Waals surface area (Å²) in [4.78, 5) is 6.57. The van der Waals surface area contributed by atoms with E-state index in [0.717, 1.165) is 47.8 Å². The van der Waals surface area contributed by atoms with Crippen molar-refractivity contribution in [3.8, 4) is 11.5 Å². The van der Waals surface area contributed by atoms with Crippen LogP contribution in [-0.4, -0.2) is 38.3 Å². The number of rotatable bonds is 5. The third-order valence-electron chi connectivity index (χ3n) is 4.95. The van der Waals surface area contributed by atoms with Gasteiger partial charge in [-0.1, -0.05) is 0 Å². The average molecular weight is 367 g/mol. The van der Waals surface area contributed by atoms with Crippen LogP contribution in [0.2, 0.25) is 0 Å². The molecule has 6 heteroatoms. The van der Waals surface area contributed by atoms with Gasteiger partial charge in [0.15, 0.2) is 0 Å². The fourth-order valence-corrected chi connectivity index (χ4v) is 3.55. The summed E-state index contributed by atoms with van der Waals surface area (Å²) in [5, 5.41) is 4.52. The van der Waals surface area contributed by atoms with Gasteiger partial charge in [-0.3, -0.25) is 4.98 Å². The zero-order chi connectivity index (χ0) is 18.8. The predicted molar refractivity (Wildman–Crippen MR) is 105 cm³/mol. The molecule has 1 saturated heterocycles. The van der Waals surface area contributed by atoms with Gasteiger partial charge in [-0.05, 0) is 24.6 Å². The molecule has 1 aliphatic heterocycles. The molecule has 0 radical (unpaired) electrons.